The van der Waals surface area contributed by atoms with Crippen LogP contribution in [-0.4, -0.2) is 5.91 Å². The van der Waals surface area contributed by atoms with Gasteiger partial charge >= 0.3 is 0 Å². The number of anilines is 1. The van der Waals surface area contributed by atoms with Gasteiger partial charge in [0.15, 0.2) is 23.3 Å². The maximum absolute atomic E-state index is 13.6. The second-order valence-corrected chi connectivity index (χ2v) is 5.47. The third-order valence-corrected chi connectivity index (χ3v) is 3.59. The molecule has 144 valence electrons. The Labute approximate surface area is 155 Å². The Bertz CT molecular complexity index is 999. The molecule has 0 bridgehead atoms. The molecule has 2 N–H and O–H groups in total. The van der Waals surface area contributed by atoms with Gasteiger partial charge in [0.2, 0.25) is 5.82 Å². The molecule has 0 aliphatic carbocycles. The van der Waals surface area contributed by atoms with Crippen molar-refractivity contribution in [3.05, 3.63) is 89.2 Å². The molecule has 0 fully saturated rings. The Balaban J connectivity index is 1.75. The molecule has 0 radical (unpaired) electrons. The Morgan fingerprint density at radius 3 is 1.93 bits per heavy atom. The van der Waals surface area contributed by atoms with Gasteiger partial charge in [0.05, 0.1) is 0 Å². The minimum absolute atomic E-state index is 0.0183. The van der Waals surface area contributed by atoms with Gasteiger partial charge < -0.3 is 4.74 Å². The molecule has 0 aliphatic rings. The molecule has 0 aliphatic heterocycles. The second-order valence-electron chi connectivity index (χ2n) is 5.47. The van der Waals surface area contributed by atoms with Gasteiger partial charge in [-0.15, -0.1) is 0 Å². The van der Waals surface area contributed by atoms with E-state index in [9.17, 15) is 26.7 Å². The van der Waals surface area contributed by atoms with Gasteiger partial charge in [0, 0.05) is 5.56 Å². The Morgan fingerprint density at radius 1 is 0.714 bits per heavy atom. The number of ether oxygens (including phenoxy) is 1. The van der Waals surface area contributed by atoms with Gasteiger partial charge in [-0.25, -0.2) is 22.0 Å². The summed E-state index contributed by atoms with van der Waals surface area (Å²) in [6, 6.07) is 14.4. The quantitative estimate of drug-likeness (QED) is 0.279. The fraction of sp³-hybridized carbons (Fsp3) is 0. The fourth-order valence-electron chi connectivity index (χ4n) is 2.23. The number of nitrogens with one attached hydrogen (secondary N) is 2. The van der Waals surface area contributed by atoms with E-state index in [0.29, 0.717) is 11.5 Å². The lowest BCUT2D eigenvalue weighted by molar-refractivity contribution is 0.0962. The van der Waals surface area contributed by atoms with Crippen LogP contribution in [0, 0.1) is 29.1 Å². The van der Waals surface area contributed by atoms with Gasteiger partial charge in [-0.3, -0.25) is 15.6 Å². The van der Waals surface area contributed by atoms with Gasteiger partial charge in [-0.2, -0.15) is 0 Å². The molecule has 0 saturated carbocycles. The molecule has 9 heteroatoms. The first-order valence-electron chi connectivity index (χ1n) is 7.79. The van der Waals surface area contributed by atoms with E-state index in [0.717, 1.165) is 0 Å². The molecule has 28 heavy (non-hydrogen) atoms. The molecule has 0 aromatic heterocycles. The molecule has 0 atom stereocenters. The van der Waals surface area contributed by atoms with Crippen molar-refractivity contribution in [3.8, 4) is 11.5 Å². The summed E-state index contributed by atoms with van der Waals surface area (Å²) in [6.45, 7) is 0. The van der Waals surface area contributed by atoms with Crippen LogP contribution in [0.5, 0.6) is 11.5 Å². The van der Waals surface area contributed by atoms with Crippen molar-refractivity contribution in [1.29, 1.82) is 0 Å². The predicted molar refractivity (Wildman–Crippen MR) is 90.3 cm³/mol. The molecule has 0 heterocycles. The minimum atomic E-state index is -2.29. The summed E-state index contributed by atoms with van der Waals surface area (Å²) in [4.78, 5) is 12.1. The van der Waals surface area contributed by atoms with Crippen molar-refractivity contribution in [3.63, 3.8) is 0 Å². The van der Waals surface area contributed by atoms with Crippen LogP contribution >= 0.6 is 0 Å². The topological polar surface area (TPSA) is 50.4 Å². The van der Waals surface area contributed by atoms with Gasteiger partial charge in [-0.1, -0.05) is 24.3 Å². The van der Waals surface area contributed by atoms with E-state index in [-0.39, 0.29) is 5.56 Å². The van der Waals surface area contributed by atoms with Gasteiger partial charge in [0.25, 0.3) is 5.91 Å². The maximum atomic E-state index is 13.6. The molecule has 1 amide bonds. The number of rotatable bonds is 5. The summed E-state index contributed by atoms with van der Waals surface area (Å²) in [5.41, 5.74) is 2.25. The van der Waals surface area contributed by atoms with Gasteiger partial charge in [-0.05, 0) is 30.3 Å². The van der Waals surface area contributed by atoms with Crippen molar-refractivity contribution < 1.29 is 31.5 Å². The highest BCUT2D eigenvalue weighted by Crippen LogP contribution is 2.27. The third kappa shape index (κ3) is 3.88. The normalized spacial score (nSPS) is 10.5. The summed E-state index contributed by atoms with van der Waals surface area (Å²) in [7, 11) is 0. The summed E-state index contributed by atoms with van der Waals surface area (Å²) in [6.07, 6.45) is 0. The predicted octanol–water partition coefficient (Wildman–Crippen LogP) is 4.93. The zero-order chi connectivity index (χ0) is 20.3. The summed E-state index contributed by atoms with van der Waals surface area (Å²) < 4.78 is 72.2. The Kier molecular flexibility index (Phi) is 5.44. The molecule has 0 spiro atoms. The average molecular weight is 394 g/mol. The van der Waals surface area contributed by atoms with E-state index in [1.165, 1.54) is 18.2 Å². The van der Waals surface area contributed by atoms with E-state index < -0.39 is 40.7 Å². The number of halogens is 5. The standard InChI is InChI=1S/C19H11F5N2O2/c20-13-14(21)16(23)18(17(24)15(13)22)25-26-19(27)10-5-4-8-12(9-10)28-11-6-2-1-3-7-11/h1-9,25H,(H,26,27). The van der Waals surface area contributed by atoms with Crippen molar-refractivity contribution in [2.75, 3.05) is 5.43 Å². The number of carbonyl (C=O) groups is 1. The van der Waals surface area contributed by atoms with Crippen LogP contribution in [0.1, 0.15) is 10.4 Å². The number of benzene rings is 3. The van der Waals surface area contributed by atoms with Crippen molar-refractivity contribution in [2.45, 2.75) is 0 Å². The van der Waals surface area contributed by atoms with Crippen LogP contribution in [-0.2, 0) is 0 Å². The first-order valence-corrected chi connectivity index (χ1v) is 7.79. The number of carbonyl (C=O) groups excluding carboxylic acids is 1. The first-order chi connectivity index (χ1) is 13.4. The van der Waals surface area contributed by atoms with Gasteiger partial charge in [0.1, 0.15) is 17.2 Å². The Hall–Kier alpha value is -3.62. The molecule has 3 aromatic rings. The highest BCUT2D eigenvalue weighted by atomic mass is 19.2. The molecule has 0 unspecified atom stereocenters. The molecule has 3 rings (SSSR count). The smallest absolute Gasteiger partial charge is 0.269 e. The lowest BCUT2D eigenvalue weighted by atomic mass is 10.2. The number of hydrazine groups is 1. The summed E-state index contributed by atoms with van der Waals surface area (Å²) in [5.74, 6) is -10.8. The lowest BCUT2D eigenvalue weighted by Gasteiger charge is -2.12. The Morgan fingerprint density at radius 2 is 1.29 bits per heavy atom. The monoisotopic (exact) mass is 394 g/mol. The van der Waals surface area contributed by atoms with E-state index in [4.69, 9.17) is 4.74 Å². The SMILES string of the molecule is O=C(NNc1c(F)c(F)c(F)c(F)c1F)c1cccc(Oc2ccccc2)c1. The van der Waals surface area contributed by atoms with E-state index >= 15 is 0 Å². The largest absolute Gasteiger partial charge is 0.457 e. The fourth-order valence-corrected chi connectivity index (χ4v) is 2.23. The van der Waals surface area contributed by atoms with Crippen LogP contribution in [0.3, 0.4) is 0 Å². The summed E-state index contributed by atoms with van der Waals surface area (Å²) in [5, 5.41) is 0. The molecular weight excluding hydrogens is 383 g/mol. The molecular formula is C19H11F5N2O2. The molecule has 3 aromatic carbocycles. The average Bonchev–Trinajstić information content (AvgIpc) is 2.71. The number of para-hydroxylation sites is 1. The lowest BCUT2D eigenvalue weighted by Crippen LogP contribution is -2.31. The van der Waals surface area contributed by atoms with Crippen LogP contribution in [0.15, 0.2) is 54.6 Å². The van der Waals surface area contributed by atoms with Crippen LogP contribution in [0.25, 0.3) is 0 Å². The first kappa shape index (κ1) is 19.2. The second kappa shape index (κ2) is 7.95. The van der Waals surface area contributed by atoms with Crippen LogP contribution in [0.2, 0.25) is 0 Å². The number of hydrogen-bond donors (Lipinski definition) is 2. The minimum Gasteiger partial charge on any atom is -0.457 e. The highest BCUT2D eigenvalue weighted by molar-refractivity contribution is 5.95. The number of hydrogen-bond acceptors (Lipinski definition) is 3. The zero-order valence-corrected chi connectivity index (χ0v) is 13.9. The van der Waals surface area contributed by atoms with E-state index in [1.54, 1.807) is 41.8 Å². The van der Waals surface area contributed by atoms with Crippen molar-refractivity contribution >= 4 is 11.6 Å². The number of amides is 1. The molecule has 0 saturated heterocycles. The van der Waals surface area contributed by atoms with Crippen molar-refractivity contribution in [2.24, 2.45) is 0 Å². The zero-order valence-electron chi connectivity index (χ0n) is 13.9. The van der Waals surface area contributed by atoms with Crippen LogP contribution in [0.4, 0.5) is 27.6 Å². The molecule has 4 nitrogen and oxygen atoms in total. The van der Waals surface area contributed by atoms with E-state index in [1.807, 2.05) is 5.43 Å². The van der Waals surface area contributed by atoms with E-state index in [2.05, 4.69) is 0 Å². The third-order valence-electron chi connectivity index (χ3n) is 3.59. The highest BCUT2D eigenvalue weighted by Gasteiger charge is 2.26. The summed E-state index contributed by atoms with van der Waals surface area (Å²) >= 11 is 0. The van der Waals surface area contributed by atoms with Crippen LogP contribution < -0.4 is 15.6 Å². The van der Waals surface area contributed by atoms with Crippen molar-refractivity contribution in [1.82, 2.24) is 5.43 Å². The maximum Gasteiger partial charge on any atom is 0.269 e.